The molecule has 6 nitrogen and oxygen atoms in total. The van der Waals surface area contributed by atoms with E-state index in [9.17, 15) is 9.59 Å². The van der Waals surface area contributed by atoms with Crippen molar-refractivity contribution < 1.29 is 9.59 Å². The molecule has 0 saturated carbocycles. The van der Waals surface area contributed by atoms with Gasteiger partial charge in [-0.2, -0.15) is 0 Å². The minimum Gasteiger partial charge on any atom is -0.398 e. The smallest absolute Gasteiger partial charge is 0.319 e. The summed E-state index contributed by atoms with van der Waals surface area (Å²) in [6, 6.07) is 18.9. The molecule has 0 aromatic heterocycles. The molecule has 6 heteroatoms. The van der Waals surface area contributed by atoms with Crippen molar-refractivity contribution >= 4 is 34.1 Å². The molecule has 0 spiro atoms. The number of likely N-dealkylation sites (tertiary alicyclic amines) is 1. The summed E-state index contributed by atoms with van der Waals surface area (Å²) in [6.07, 6.45) is 1.65. The Labute approximate surface area is 182 Å². The van der Waals surface area contributed by atoms with Gasteiger partial charge in [-0.3, -0.25) is 4.79 Å². The third-order valence-corrected chi connectivity index (χ3v) is 5.88. The molecule has 1 saturated heterocycles. The zero-order valence-corrected chi connectivity index (χ0v) is 17.9. The number of carbonyl (C=O) groups excluding carboxylic acids is 2. The van der Waals surface area contributed by atoms with Crippen LogP contribution in [-0.2, 0) is 4.79 Å². The lowest BCUT2D eigenvalue weighted by Gasteiger charge is -2.41. The Balaban J connectivity index is 1.54. The second-order valence-corrected chi connectivity index (χ2v) is 8.21. The van der Waals surface area contributed by atoms with E-state index >= 15 is 0 Å². The number of aryl methyl sites for hydroxylation is 1. The normalized spacial score (nSPS) is 18.6. The molecule has 4 N–H and O–H groups in total. The Bertz CT molecular complexity index is 1110. The number of hydrogen-bond donors (Lipinski definition) is 3. The number of nitrogen functional groups attached to an aromatic ring is 1. The van der Waals surface area contributed by atoms with Crippen molar-refractivity contribution in [1.29, 1.82) is 0 Å². The molecule has 1 fully saturated rings. The van der Waals surface area contributed by atoms with E-state index < -0.39 is 0 Å². The first-order valence-corrected chi connectivity index (χ1v) is 10.6. The molecule has 0 bridgehead atoms. The van der Waals surface area contributed by atoms with Crippen molar-refractivity contribution in [2.75, 3.05) is 17.6 Å². The van der Waals surface area contributed by atoms with Gasteiger partial charge in [0.25, 0.3) is 0 Å². The van der Waals surface area contributed by atoms with Crippen molar-refractivity contribution in [2.24, 2.45) is 0 Å². The fourth-order valence-corrected chi connectivity index (χ4v) is 4.52. The van der Waals surface area contributed by atoms with Crippen LogP contribution in [0.1, 0.15) is 36.9 Å². The Morgan fingerprint density at radius 1 is 1.06 bits per heavy atom. The maximum atomic E-state index is 12.9. The van der Waals surface area contributed by atoms with Crippen LogP contribution in [0.4, 0.5) is 16.2 Å². The van der Waals surface area contributed by atoms with Crippen LogP contribution in [-0.4, -0.2) is 29.4 Å². The minimum atomic E-state index is -0.290. The Kier molecular flexibility index (Phi) is 5.80. The number of nitrogens with zero attached hydrogens (tertiary/aromatic N) is 1. The van der Waals surface area contributed by atoms with Gasteiger partial charge in [0, 0.05) is 30.2 Å². The highest BCUT2D eigenvalue weighted by Gasteiger charge is 2.35. The van der Waals surface area contributed by atoms with E-state index in [1.54, 1.807) is 6.92 Å². The van der Waals surface area contributed by atoms with E-state index in [1.165, 1.54) is 0 Å². The van der Waals surface area contributed by atoms with E-state index in [1.807, 2.05) is 66.4 Å². The lowest BCUT2D eigenvalue weighted by atomic mass is 9.90. The fraction of sp³-hybridized carbons (Fsp3) is 0.280. The summed E-state index contributed by atoms with van der Waals surface area (Å²) in [7, 11) is 0. The van der Waals surface area contributed by atoms with Gasteiger partial charge in [-0.1, -0.05) is 42.5 Å². The van der Waals surface area contributed by atoms with Crippen molar-refractivity contribution in [2.45, 2.75) is 38.8 Å². The van der Waals surface area contributed by atoms with Crippen LogP contribution in [0.5, 0.6) is 0 Å². The lowest BCUT2D eigenvalue weighted by molar-refractivity contribution is -0.133. The van der Waals surface area contributed by atoms with Gasteiger partial charge in [-0.05, 0) is 54.5 Å². The third kappa shape index (κ3) is 4.48. The number of urea groups is 1. The number of anilines is 2. The van der Waals surface area contributed by atoms with E-state index in [4.69, 9.17) is 5.73 Å². The van der Waals surface area contributed by atoms with Crippen LogP contribution in [0.2, 0.25) is 0 Å². The van der Waals surface area contributed by atoms with Crippen LogP contribution in [0.25, 0.3) is 10.8 Å². The number of nitrogens with two attached hydrogens (primary N) is 1. The first kappa shape index (κ1) is 20.7. The SMILES string of the molecule is CC(=O)N1CCCC(NC(=O)Nc2ccc3cc(C)cc(N)c3c2)C1c1ccccc1. The van der Waals surface area contributed by atoms with Crippen molar-refractivity contribution in [3.05, 3.63) is 71.8 Å². The minimum absolute atomic E-state index is 0.0149. The van der Waals surface area contributed by atoms with Crippen LogP contribution >= 0.6 is 0 Å². The first-order valence-electron chi connectivity index (χ1n) is 10.6. The molecule has 1 heterocycles. The predicted molar refractivity (Wildman–Crippen MR) is 125 cm³/mol. The van der Waals surface area contributed by atoms with Gasteiger partial charge in [0.15, 0.2) is 0 Å². The van der Waals surface area contributed by atoms with E-state index in [0.29, 0.717) is 17.9 Å². The summed E-state index contributed by atoms with van der Waals surface area (Å²) >= 11 is 0. The van der Waals surface area contributed by atoms with Gasteiger partial charge >= 0.3 is 6.03 Å². The van der Waals surface area contributed by atoms with Gasteiger partial charge in [0.1, 0.15) is 0 Å². The van der Waals surface area contributed by atoms with Crippen LogP contribution < -0.4 is 16.4 Å². The molecule has 3 amide bonds. The highest BCUT2D eigenvalue weighted by atomic mass is 16.2. The van der Waals surface area contributed by atoms with Gasteiger partial charge in [0.2, 0.25) is 5.91 Å². The summed E-state index contributed by atoms with van der Waals surface area (Å²) in [5.74, 6) is 0.0149. The lowest BCUT2D eigenvalue weighted by Crippen LogP contribution is -2.52. The molecule has 2 atom stereocenters. The molecule has 1 aliphatic rings. The largest absolute Gasteiger partial charge is 0.398 e. The highest BCUT2D eigenvalue weighted by molar-refractivity contribution is 5.98. The Morgan fingerprint density at radius 2 is 1.84 bits per heavy atom. The number of rotatable bonds is 3. The number of piperidine rings is 1. The highest BCUT2D eigenvalue weighted by Crippen LogP contribution is 2.32. The van der Waals surface area contributed by atoms with Crippen molar-refractivity contribution in [1.82, 2.24) is 10.2 Å². The van der Waals surface area contributed by atoms with Gasteiger partial charge in [-0.25, -0.2) is 4.79 Å². The number of amides is 3. The van der Waals surface area contributed by atoms with Crippen LogP contribution in [0, 0.1) is 6.92 Å². The molecular weight excluding hydrogens is 388 g/mol. The van der Waals surface area contributed by atoms with E-state index in [-0.39, 0.29) is 24.0 Å². The third-order valence-electron chi connectivity index (χ3n) is 5.88. The molecule has 1 aliphatic heterocycles. The quantitative estimate of drug-likeness (QED) is 0.545. The molecule has 3 aromatic rings. The summed E-state index contributed by atoms with van der Waals surface area (Å²) in [5.41, 5.74) is 9.66. The zero-order valence-electron chi connectivity index (χ0n) is 17.9. The molecule has 0 radical (unpaired) electrons. The second kappa shape index (κ2) is 8.68. The maximum absolute atomic E-state index is 12.9. The standard InChI is InChI=1S/C25H28N4O2/c1-16-13-19-10-11-20(15-21(19)22(26)14-16)27-25(31)28-23-9-6-12-29(17(2)30)24(23)18-7-4-3-5-8-18/h3-5,7-8,10-11,13-15,23-24H,6,9,12,26H2,1-2H3,(H2,27,28,31). The number of fused-ring (bicyclic) bond motifs is 1. The molecule has 0 aliphatic carbocycles. The van der Waals surface area contributed by atoms with Crippen LogP contribution in [0.15, 0.2) is 60.7 Å². The molecule has 2 unspecified atom stereocenters. The topological polar surface area (TPSA) is 87.5 Å². The number of benzene rings is 3. The fourth-order valence-electron chi connectivity index (χ4n) is 4.52. The average Bonchev–Trinajstić information content (AvgIpc) is 2.74. The van der Waals surface area contributed by atoms with Crippen molar-refractivity contribution in [3.63, 3.8) is 0 Å². The number of hydrogen-bond acceptors (Lipinski definition) is 3. The zero-order chi connectivity index (χ0) is 22.0. The molecular formula is C25H28N4O2. The molecule has 31 heavy (non-hydrogen) atoms. The van der Waals surface area contributed by atoms with E-state index in [2.05, 4.69) is 16.7 Å². The molecule has 160 valence electrons. The monoisotopic (exact) mass is 416 g/mol. The van der Waals surface area contributed by atoms with Gasteiger partial charge in [0.05, 0.1) is 12.1 Å². The Morgan fingerprint density at radius 3 is 2.58 bits per heavy atom. The predicted octanol–water partition coefficient (Wildman–Crippen LogP) is 4.60. The summed E-state index contributed by atoms with van der Waals surface area (Å²) in [4.78, 5) is 27.0. The first-order chi connectivity index (χ1) is 14.9. The van der Waals surface area contributed by atoms with Gasteiger partial charge < -0.3 is 21.3 Å². The number of nitrogens with one attached hydrogen (secondary N) is 2. The average molecular weight is 417 g/mol. The number of carbonyl (C=O) groups is 2. The molecule has 3 aromatic carbocycles. The summed E-state index contributed by atoms with van der Waals surface area (Å²) < 4.78 is 0. The Hall–Kier alpha value is -3.54. The van der Waals surface area contributed by atoms with Crippen LogP contribution in [0.3, 0.4) is 0 Å². The van der Waals surface area contributed by atoms with E-state index in [0.717, 1.165) is 34.7 Å². The summed E-state index contributed by atoms with van der Waals surface area (Å²) in [5, 5.41) is 7.97. The molecule has 4 rings (SSSR count). The second-order valence-electron chi connectivity index (χ2n) is 8.21. The van der Waals surface area contributed by atoms with Crippen molar-refractivity contribution in [3.8, 4) is 0 Å². The van der Waals surface area contributed by atoms with Gasteiger partial charge in [-0.15, -0.1) is 0 Å². The summed E-state index contributed by atoms with van der Waals surface area (Å²) in [6.45, 7) is 4.28. The maximum Gasteiger partial charge on any atom is 0.319 e.